The van der Waals surface area contributed by atoms with Gasteiger partial charge in [-0.05, 0) is 37.1 Å². The van der Waals surface area contributed by atoms with E-state index in [-0.39, 0.29) is 0 Å². The van der Waals surface area contributed by atoms with Crippen molar-refractivity contribution in [2.45, 2.75) is 31.1 Å². The summed E-state index contributed by atoms with van der Waals surface area (Å²) in [6.07, 6.45) is 7.20. The molecule has 1 aromatic rings. The highest BCUT2D eigenvalue weighted by Gasteiger charge is 2.15. The third-order valence-electron chi connectivity index (χ3n) is 2.88. The summed E-state index contributed by atoms with van der Waals surface area (Å²) in [5.41, 5.74) is 1.11. The molecule has 0 bridgehead atoms. The third-order valence-corrected chi connectivity index (χ3v) is 4.31. The van der Waals surface area contributed by atoms with Crippen LogP contribution in [0.3, 0.4) is 0 Å². The van der Waals surface area contributed by atoms with Crippen LogP contribution in [0.1, 0.15) is 24.8 Å². The van der Waals surface area contributed by atoms with Crippen LogP contribution in [0.4, 0.5) is 0 Å². The summed E-state index contributed by atoms with van der Waals surface area (Å²) in [5.74, 6) is 1.43. The van der Waals surface area contributed by atoms with Crippen LogP contribution in [-0.4, -0.2) is 27.5 Å². The van der Waals surface area contributed by atoms with Crippen molar-refractivity contribution in [3.63, 3.8) is 0 Å². The van der Waals surface area contributed by atoms with Gasteiger partial charge in [0.25, 0.3) is 0 Å². The molecule has 88 valence electrons. The average Bonchev–Trinajstić information content (AvgIpc) is 2.31. The summed E-state index contributed by atoms with van der Waals surface area (Å²) < 4.78 is 11.9. The summed E-state index contributed by atoms with van der Waals surface area (Å²) >= 11 is 0. The van der Waals surface area contributed by atoms with E-state index in [4.69, 9.17) is 0 Å². The fourth-order valence-electron chi connectivity index (χ4n) is 2.01. The number of pyridine rings is 1. The second-order valence-electron chi connectivity index (χ2n) is 4.25. The molecule has 3 nitrogen and oxygen atoms in total. The maximum atomic E-state index is 11.9. The van der Waals surface area contributed by atoms with Crippen molar-refractivity contribution in [1.29, 1.82) is 0 Å². The van der Waals surface area contributed by atoms with Crippen LogP contribution in [0.5, 0.6) is 0 Å². The number of rotatable bonds is 4. The first-order chi connectivity index (χ1) is 7.84. The molecule has 2 heterocycles. The van der Waals surface area contributed by atoms with Gasteiger partial charge in [-0.25, -0.2) is 0 Å². The van der Waals surface area contributed by atoms with Crippen LogP contribution < -0.4 is 5.32 Å². The smallest absolute Gasteiger partial charge is 0.0487 e. The first kappa shape index (κ1) is 11.7. The molecule has 1 saturated heterocycles. The Kier molecular flexibility index (Phi) is 4.48. The van der Waals surface area contributed by atoms with E-state index in [1.54, 1.807) is 12.4 Å². The number of hydrogen-bond donors (Lipinski definition) is 1. The summed E-state index contributed by atoms with van der Waals surface area (Å²) in [5, 5.41) is 3.43. The Hall–Kier alpha value is -0.740. The Morgan fingerprint density at radius 2 is 2.19 bits per heavy atom. The summed E-state index contributed by atoms with van der Waals surface area (Å²) in [6, 6.07) is 4.33. The van der Waals surface area contributed by atoms with Crippen LogP contribution in [0, 0.1) is 0 Å². The van der Waals surface area contributed by atoms with Crippen molar-refractivity contribution < 1.29 is 4.21 Å². The third kappa shape index (κ3) is 3.68. The largest absolute Gasteiger partial charge is 0.313 e. The summed E-state index contributed by atoms with van der Waals surface area (Å²) in [6.45, 7) is 1.08. The van der Waals surface area contributed by atoms with Gasteiger partial charge in [-0.3, -0.25) is 9.19 Å². The van der Waals surface area contributed by atoms with Gasteiger partial charge in [0, 0.05) is 40.7 Å². The quantitative estimate of drug-likeness (QED) is 0.864. The standard InChI is InChI=1S/C12H18N2OS/c15-16(9-11-4-7-13-8-5-11)10-12-3-1-2-6-14-12/h4-5,7-8,12,14H,1-3,6,9-10H2/t12-,16-/m0/s1. The minimum Gasteiger partial charge on any atom is -0.313 e. The van der Waals surface area contributed by atoms with E-state index >= 15 is 0 Å². The average molecular weight is 238 g/mol. The molecule has 0 amide bonds. The van der Waals surface area contributed by atoms with E-state index < -0.39 is 10.8 Å². The van der Waals surface area contributed by atoms with E-state index in [0.29, 0.717) is 11.8 Å². The molecule has 2 atom stereocenters. The Morgan fingerprint density at radius 3 is 2.88 bits per heavy atom. The molecule has 0 spiro atoms. The maximum absolute atomic E-state index is 11.9. The highest BCUT2D eigenvalue weighted by Crippen LogP contribution is 2.10. The summed E-state index contributed by atoms with van der Waals surface area (Å²) in [4.78, 5) is 3.96. The van der Waals surface area contributed by atoms with Gasteiger partial charge < -0.3 is 5.32 Å². The van der Waals surface area contributed by atoms with Crippen molar-refractivity contribution in [3.05, 3.63) is 30.1 Å². The molecule has 1 aliphatic rings. The Morgan fingerprint density at radius 1 is 1.38 bits per heavy atom. The van der Waals surface area contributed by atoms with Crippen molar-refractivity contribution in [1.82, 2.24) is 10.3 Å². The fraction of sp³-hybridized carbons (Fsp3) is 0.583. The molecule has 0 aliphatic carbocycles. The monoisotopic (exact) mass is 238 g/mol. The predicted molar refractivity (Wildman–Crippen MR) is 66.6 cm³/mol. The van der Waals surface area contributed by atoms with Gasteiger partial charge in [-0.1, -0.05) is 6.42 Å². The normalized spacial score (nSPS) is 22.9. The van der Waals surface area contributed by atoms with Crippen molar-refractivity contribution >= 4 is 10.8 Å². The molecular weight excluding hydrogens is 220 g/mol. The number of aromatic nitrogens is 1. The van der Waals surface area contributed by atoms with Crippen molar-refractivity contribution in [3.8, 4) is 0 Å². The lowest BCUT2D eigenvalue weighted by Crippen LogP contribution is -2.38. The Bertz CT molecular complexity index is 336. The number of piperidine rings is 1. The minimum atomic E-state index is -0.759. The minimum absolute atomic E-state index is 0.455. The molecule has 1 fully saturated rings. The predicted octanol–water partition coefficient (Wildman–Crippen LogP) is 1.47. The van der Waals surface area contributed by atoms with E-state index in [2.05, 4.69) is 10.3 Å². The van der Waals surface area contributed by atoms with E-state index in [1.165, 1.54) is 19.3 Å². The van der Waals surface area contributed by atoms with Crippen LogP contribution >= 0.6 is 0 Å². The van der Waals surface area contributed by atoms with Crippen molar-refractivity contribution in [2.75, 3.05) is 12.3 Å². The van der Waals surface area contributed by atoms with E-state index in [0.717, 1.165) is 17.9 Å². The van der Waals surface area contributed by atoms with Gasteiger partial charge in [-0.2, -0.15) is 0 Å². The zero-order valence-corrected chi connectivity index (χ0v) is 10.2. The number of nitrogens with one attached hydrogen (secondary N) is 1. The Labute approximate surface area is 99.1 Å². The topological polar surface area (TPSA) is 42.0 Å². The van der Waals surface area contributed by atoms with Gasteiger partial charge in [0.2, 0.25) is 0 Å². The van der Waals surface area contributed by atoms with Gasteiger partial charge >= 0.3 is 0 Å². The van der Waals surface area contributed by atoms with Crippen LogP contribution in [0.25, 0.3) is 0 Å². The van der Waals surface area contributed by atoms with Crippen LogP contribution in [-0.2, 0) is 16.6 Å². The molecule has 1 aliphatic heterocycles. The maximum Gasteiger partial charge on any atom is 0.0487 e. The highest BCUT2D eigenvalue weighted by atomic mass is 32.2. The lowest BCUT2D eigenvalue weighted by Gasteiger charge is -2.22. The molecule has 2 rings (SSSR count). The molecule has 0 aromatic carbocycles. The van der Waals surface area contributed by atoms with Crippen molar-refractivity contribution in [2.24, 2.45) is 0 Å². The molecule has 16 heavy (non-hydrogen) atoms. The van der Waals surface area contributed by atoms with Gasteiger partial charge in [-0.15, -0.1) is 0 Å². The molecule has 0 radical (unpaired) electrons. The van der Waals surface area contributed by atoms with E-state index in [9.17, 15) is 4.21 Å². The zero-order valence-electron chi connectivity index (χ0n) is 9.39. The molecule has 4 heteroatoms. The number of hydrogen-bond acceptors (Lipinski definition) is 3. The molecule has 1 N–H and O–H groups in total. The van der Waals surface area contributed by atoms with Gasteiger partial charge in [0.05, 0.1) is 0 Å². The Balaban J connectivity index is 1.80. The van der Waals surface area contributed by atoms with Crippen LogP contribution in [0.15, 0.2) is 24.5 Å². The first-order valence-corrected chi connectivity index (χ1v) is 7.30. The number of nitrogens with zero attached hydrogens (tertiary/aromatic N) is 1. The molecular formula is C12H18N2OS. The molecule has 0 saturated carbocycles. The van der Waals surface area contributed by atoms with Crippen LogP contribution in [0.2, 0.25) is 0 Å². The van der Waals surface area contributed by atoms with E-state index in [1.807, 2.05) is 12.1 Å². The summed E-state index contributed by atoms with van der Waals surface area (Å²) in [7, 11) is -0.759. The van der Waals surface area contributed by atoms with Gasteiger partial charge in [0.1, 0.15) is 0 Å². The molecule has 0 unspecified atom stereocenters. The highest BCUT2D eigenvalue weighted by molar-refractivity contribution is 7.84. The SMILES string of the molecule is O=[S@@](Cc1ccncc1)C[C@@H]1CCCCN1. The zero-order chi connectivity index (χ0) is 11.2. The fourth-order valence-corrected chi connectivity index (χ4v) is 3.43. The second-order valence-corrected chi connectivity index (χ2v) is 5.75. The van der Waals surface area contributed by atoms with Gasteiger partial charge in [0.15, 0.2) is 0 Å². The first-order valence-electron chi connectivity index (χ1n) is 5.82. The lowest BCUT2D eigenvalue weighted by atomic mass is 10.1. The molecule has 1 aromatic heterocycles. The lowest BCUT2D eigenvalue weighted by molar-refractivity contribution is 0.427. The second kappa shape index (κ2) is 6.11.